The Morgan fingerprint density at radius 2 is 1.88 bits per heavy atom. The first-order valence-electron chi connectivity index (χ1n) is 8.90. The Hall–Kier alpha value is -2.08. The summed E-state index contributed by atoms with van der Waals surface area (Å²) in [5, 5.41) is 5.60. The summed E-state index contributed by atoms with van der Waals surface area (Å²) >= 11 is 0. The summed E-state index contributed by atoms with van der Waals surface area (Å²) in [6, 6.07) is 5.01. The quantitative estimate of drug-likeness (QED) is 0.603. The number of rotatable bonds is 11. The number of nitrogens with one attached hydrogen (secondary N) is 2. The lowest BCUT2D eigenvalue weighted by Crippen LogP contribution is -2.26. The van der Waals surface area contributed by atoms with Crippen LogP contribution in [-0.4, -0.2) is 50.5 Å². The maximum atomic E-state index is 12.3. The molecule has 0 atom stereocenters. The molecule has 6 nitrogen and oxygen atoms in total. The minimum absolute atomic E-state index is 0.162. The Morgan fingerprint density at radius 1 is 1.16 bits per heavy atom. The van der Waals surface area contributed by atoms with Crippen LogP contribution in [0.25, 0.3) is 0 Å². The van der Waals surface area contributed by atoms with E-state index < -0.39 is 0 Å². The molecule has 1 aromatic rings. The van der Waals surface area contributed by atoms with Gasteiger partial charge in [-0.15, -0.1) is 0 Å². The fourth-order valence-electron chi connectivity index (χ4n) is 2.50. The number of carbonyl (C=O) groups is 2. The highest BCUT2D eigenvalue weighted by Gasteiger charge is 2.13. The van der Waals surface area contributed by atoms with Gasteiger partial charge in [0.05, 0.1) is 12.7 Å². The second kappa shape index (κ2) is 11.5. The van der Waals surface area contributed by atoms with Gasteiger partial charge < -0.3 is 20.3 Å². The van der Waals surface area contributed by atoms with Crippen molar-refractivity contribution >= 4 is 17.5 Å². The van der Waals surface area contributed by atoms with Crippen molar-refractivity contribution in [2.24, 2.45) is 0 Å². The number of benzene rings is 1. The highest BCUT2D eigenvalue weighted by molar-refractivity contribution is 5.98. The number of nitrogens with zero attached hydrogens (tertiary/aromatic N) is 1. The number of anilines is 1. The van der Waals surface area contributed by atoms with Gasteiger partial charge in [0.1, 0.15) is 5.75 Å². The van der Waals surface area contributed by atoms with Gasteiger partial charge in [0.2, 0.25) is 5.91 Å². The molecule has 6 heteroatoms. The van der Waals surface area contributed by atoms with Crippen molar-refractivity contribution in [3.63, 3.8) is 0 Å². The van der Waals surface area contributed by atoms with Gasteiger partial charge >= 0.3 is 0 Å². The van der Waals surface area contributed by atoms with E-state index in [9.17, 15) is 9.59 Å². The molecule has 1 rings (SSSR count). The van der Waals surface area contributed by atoms with E-state index in [4.69, 9.17) is 4.74 Å². The van der Waals surface area contributed by atoms with Gasteiger partial charge in [0.15, 0.2) is 0 Å². The van der Waals surface area contributed by atoms with Crippen LogP contribution in [0.4, 0.5) is 5.69 Å². The maximum Gasteiger partial charge on any atom is 0.255 e. The number of amides is 2. The summed E-state index contributed by atoms with van der Waals surface area (Å²) in [6.07, 6.45) is 4.43. The van der Waals surface area contributed by atoms with E-state index in [1.165, 1.54) is 26.9 Å². The number of carbonyl (C=O) groups excluding carboxylic acids is 2. The normalized spacial score (nSPS) is 10.6. The van der Waals surface area contributed by atoms with Crippen molar-refractivity contribution in [1.82, 2.24) is 10.2 Å². The first-order chi connectivity index (χ1) is 12.0. The largest absolute Gasteiger partial charge is 0.496 e. The van der Waals surface area contributed by atoms with Gasteiger partial charge in [-0.1, -0.05) is 13.3 Å². The Labute approximate surface area is 150 Å². The molecule has 0 heterocycles. The molecule has 0 aromatic heterocycles. The van der Waals surface area contributed by atoms with Gasteiger partial charge in [-0.05, 0) is 51.5 Å². The molecule has 0 bridgehead atoms. The van der Waals surface area contributed by atoms with Crippen molar-refractivity contribution in [1.29, 1.82) is 0 Å². The van der Waals surface area contributed by atoms with Crippen LogP contribution in [0.2, 0.25) is 0 Å². The van der Waals surface area contributed by atoms with Crippen molar-refractivity contribution in [2.45, 2.75) is 39.5 Å². The van der Waals surface area contributed by atoms with Gasteiger partial charge in [0.25, 0.3) is 5.91 Å². The van der Waals surface area contributed by atoms with E-state index >= 15 is 0 Å². The van der Waals surface area contributed by atoms with E-state index in [1.807, 2.05) is 0 Å². The highest BCUT2D eigenvalue weighted by Crippen LogP contribution is 2.23. The van der Waals surface area contributed by atoms with Crippen LogP contribution < -0.4 is 15.4 Å². The zero-order valence-corrected chi connectivity index (χ0v) is 15.9. The average Bonchev–Trinajstić information content (AvgIpc) is 2.58. The van der Waals surface area contributed by atoms with Gasteiger partial charge in [-0.3, -0.25) is 9.59 Å². The Balaban J connectivity index is 2.43. The number of unbranched alkanes of at least 4 members (excludes halogenated alkanes) is 2. The van der Waals surface area contributed by atoms with Gasteiger partial charge in [-0.2, -0.15) is 0 Å². The summed E-state index contributed by atoms with van der Waals surface area (Å²) in [7, 11) is 3.64. The number of hydrogen-bond donors (Lipinski definition) is 2. The Bertz CT molecular complexity index is 561. The first kappa shape index (κ1) is 21.0. The molecule has 1 aromatic carbocycles. The maximum absolute atomic E-state index is 12.3. The fraction of sp³-hybridized carbons (Fsp3) is 0.579. The van der Waals surface area contributed by atoms with Crippen LogP contribution in [0.3, 0.4) is 0 Å². The SMILES string of the molecule is CCCCN(C)CCCCNC(=O)c1ccc(NC(C)=O)cc1OC. The van der Waals surface area contributed by atoms with E-state index in [-0.39, 0.29) is 11.8 Å². The summed E-state index contributed by atoms with van der Waals surface area (Å²) in [5.41, 5.74) is 1.08. The standard InChI is InChI=1S/C19H31N3O3/c1-5-6-12-22(3)13-8-7-11-20-19(24)17-10-9-16(21-15(2)23)14-18(17)25-4/h9-10,14H,5-8,11-13H2,1-4H3,(H,20,24)(H,21,23). The topological polar surface area (TPSA) is 70.7 Å². The molecule has 2 N–H and O–H groups in total. The van der Waals surface area contributed by atoms with Crippen molar-refractivity contribution in [3.8, 4) is 5.75 Å². The smallest absolute Gasteiger partial charge is 0.255 e. The molecule has 2 amide bonds. The lowest BCUT2D eigenvalue weighted by molar-refractivity contribution is -0.114. The predicted octanol–water partition coefficient (Wildman–Crippen LogP) is 2.90. The van der Waals surface area contributed by atoms with E-state index in [1.54, 1.807) is 18.2 Å². The van der Waals surface area contributed by atoms with E-state index in [0.29, 0.717) is 23.5 Å². The molecular formula is C19H31N3O3. The van der Waals surface area contributed by atoms with Crippen LogP contribution in [-0.2, 0) is 4.79 Å². The monoisotopic (exact) mass is 349 g/mol. The molecule has 0 fully saturated rings. The average molecular weight is 349 g/mol. The molecule has 0 saturated heterocycles. The molecule has 0 aliphatic carbocycles. The van der Waals surface area contributed by atoms with Gasteiger partial charge in [-0.25, -0.2) is 0 Å². The lowest BCUT2D eigenvalue weighted by Gasteiger charge is -2.16. The molecule has 0 aliphatic heterocycles. The molecule has 25 heavy (non-hydrogen) atoms. The molecule has 0 unspecified atom stereocenters. The number of ether oxygens (including phenoxy) is 1. The number of hydrogen-bond acceptors (Lipinski definition) is 4. The second-order valence-corrected chi connectivity index (χ2v) is 6.22. The van der Waals surface area contributed by atoms with Crippen LogP contribution in [0.1, 0.15) is 49.9 Å². The van der Waals surface area contributed by atoms with Crippen molar-refractivity contribution in [2.75, 3.05) is 39.1 Å². The van der Waals surface area contributed by atoms with E-state index in [0.717, 1.165) is 25.9 Å². The molecule has 0 aliphatic rings. The first-order valence-corrected chi connectivity index (χ1v) is 8.90. The van der Waals surface area contributed by atoms with Crippen LogP contribution >= 0.6 is 0 Å². The minimum Gasteiger partial charge on any atom is -0.496 e. The van der Waals surface area contributed by atoms with Crippen molar-refractivity contribution < 1.29 is 14.3 Å². The molecular weight excluding hydrogens is 318 g/mol. The summed E-state index contributed by atoms with van der Waals surface area (Å²) in [5.74, 6) is 0.122. The van der Waals surface area contributed by atoms with Crippen LogP contribution in [0.15, 0.2) is 18.2 Å². The lowest BCUT2D eigenvalue weighted by atomic mass is 10.1. The predicted molar refractivity (Wildman–Crippen MR) is 101 cm³/mol. The summed E-state index contributed by atoms with van der Waals surface area (Å²) in [6.45, 7) is 6.44. The fourth-order valence-corrected chi connectivity index (χ4v) is 2.50. The summed E-state index contributed by atoms with van der Waals surface area (Å²) in [4.78, 5) is 25.7. The Morgan fingerprint density at radius 3 is 2.52 bits per heavy atom. The zero-order valence-electron chi connectivity index (χ0n) is 15.9. The van der Waals surface area contributed by atoms with Gasteiger partial charge in [0, 0.05) is 25.2 Å². The van der Waals surface area contributed by atoms with Crippen LogP contribution in [0.5, 0.6) is 5.75 Å². The number of methoxy groups -OCH3 is 1. The third-order valence-electron chi connectivity index (χ3n) is 3.91. The molecule has 0 radical (unpaired) electrons. The molecule has 0 spiro atoms. The molecule has 140 valence electrons. The Kier molecular flexibility index (Phi) is 9.62. The zero-order chi connectivity index (χ0) is 18.7. The highest BCUT2D eigenvalue weighted by atomic mass is 16.5. The van der Waals surface area contributed by atoms with Crippen LogP contribution in [0, 0.1) is 0 Å². The second-order valence-electron chi connectivity index (χ2n) is 6.22. The minimum atomic E-state index is -0.164. The third-order valence-corrected chi connectivity index (χ3v) is 3.91. The molecule has 0 saturated carbocycles. The summed E-state index contributed by atoms with van der Waals surface area (Å²) < 4.78 is 5.27. The third kappa shape index (κ3) is 8.03. The van der Waals surface area contributed by atoms with E-state index in [2.05, 4.69) is 29.5 Å². The van der Waals surface area contributed by atoms with Crippen molar-refractivity contribution in [3.05, 3.63) is 23.8 Å².